The Morgan fingerprint density at radius 1 is 1.36 bits per heavy atom. The first-order valence-corrected chi connectivity index (χ1v) is 4.21. The fraction of sp³-hybridized carbons (Fsp3) is 0.875. The van der Waals surface area contributed by atoms with Crippen LogP contribution in [0.5, 0.6) is 0 Å². The molecule has 6 heteroatoms. The van der Waals surface area contributed by atoms with E-state index in [1.807, 2.05) is 0 Å². The fourth-order valence-electron chi connectivity index (χ4n) is 1.14. The van der Waals surface area contributed by atoms with E-state index in [1.165, 1.54) is 0 Å². The third-order valence-corrected chi connectivity index (χ3v) is 1.78. The second-order valence-electron chi connectivity index (χ2n) is 3.91. The van der Waals surface area contributed by atoms with Crippen molar-refractivity contribution in [2.75, 3.05) is 27.2 Å². The number of nitrogens with zero attached hydrogens (tertiary/aromatic N) is 1. The molecule has 0 N–H and O–H groups in total. The zero-order valence-electron chi connectivity index (χ0n) is 8.23. The highest BCUT2D eigenvalue weighted by Crippen LogP contribution is 2.21. The van der Waals surface area contributed by atoms with Crippen LogP contribution < -0.4 is 5.11 Å². The van der Waals surface area contributed by atoms with Crippen LogP contribution in [0.1, 0.15) is 12.8 Å². The van der Waals surface area contributed by atoms with Gasteiger partial charge in [0.15, 0.2) is 0 Å². The largest absolute Gasteiger partial charge is 0.544 e. The first-order chi connectivity index (χ1) is 6.12. The van der Waals surface area contributed by atoms with Crippen LogP contribution in [0, 0.1) is 0 Å². The highest BCUT2D eigenvalue weighted by molar-refractivity contribution is 5.65. The molecule has 14 heavy (non-hydrogen) atoms. The summed E-state index contributed by atoms with van der Waals surface area (Å²) < 4.78 is 35.3. The lowest BCUT2D eigenvalue weighted by Crippen LogP contribution is -2.48. The van der Waals surface area contributed by atoms with Crippen LogP contribution in [0.15, 0.2) is 0 Å². The number of carboxylic acids is 1. The van der Waals surface area contributed by atoms with Crippen LogP contribution in [0.3, 0.4) is 0 Å². The third-order valence-electron chi connectivity index (χ3n) is 1.78. The molecule has 0 unspecified atom stereocenters. The topological polar surface area (TPSA) is 40.1 Å². The van der Waals surface area contributed by atoms with Gasteiger partial charge < -0.3 is 14.4 Å². The normalized spacial score (nSPS) is 12.9. The van der Waals surface area contributed by atoms with Crippen LogP contribution in [0.2, 0.25) is 0 Å². The molecule has 0 aromatic carbocycles. The molecule has 0 heterocycles. The van der Waals surface area contributed by atoms with Gasteiger partial charge in [-0.3, -0.25) is 0 Å². The summed E-state index contributed by atoms with van der Waals surface area (Å²) in [4.78, 5) is 10.2. The molecular formula is C8H14F3NO2. The maximum absolute atomic E-state index is 11.8. The van der Waals surface area contributed by atoms with Crippen molar-refractivity contribution in [2.45, 2.75) is 19.0 Å². The van der Waals surface area contributed by atoms with E-state index in [0.717, 1.165) is 0 Å². The van der Waals surface area contributed by atoms with Crippen LogP contribution in [-0.2, 0) is 4.79 Å². The number of aliphatic carboxylic acids is 1. The number of rotatable bonds is 5. The summed E-state index contributed by atoms with van der Waals surface area (Å²) in [5.74, 6) is -1.25. The van der Waals surface area contributed by atoms with E-state index >= 15 is 0 Å². The molecule has 84 valence electrons. The summed E-state index contributed by atoms with van der Waals surface area (Å²) in [5, 5.41) is 10.2. The lowest BCUT2D eigenvalue weighted by atomic mass is 10.2. The standard InChI is InChI=1S/C8H14F3NO2/c1-12(2,6-7(13)14)5-3-4-8(9,10)11/h3-6H2,1-2H3. The first kappa shape index (κ1) is 13.2. The molecule has 0 radical (unpaired) electrons. The van der Waals surface area contributed by atoms with Crippen LogP contribution >= 0.6 is 0 Å². The number of halogens is 3. The Morgan fingerprint density at radius 3 is 2.21 bits per heavy atom. The van der Waals surface area contributed by atoms with Crippen molar-refractivity contribution in [1.82, 2.24) is 0 Å². The maximum Gasteiger partial charge on any atom is 0.389 e. The van der Waals surface area contributed by atoms with E-state index in [0.29, 0.717) is 0 Å². The molecular weight excluding hydrogens is 199 g/mol. The molecule has 0 aromatic rings. The minimum Gasteiger partial charge on any atom is -0.544 e. The number of hydrogen-bond donors (Lipinski definition) is 0. The molecule has 0 aliphatic carbocycles. The molecule has 0 amide bonds. The number of carbonyl (C=O) groups is 1. The smallest absolute Gasteiger partial charge is 0.389 e. The SMILES string of the molecule is C[N+](C)(CCCC(F)(F)F)CC(=O)[O-]. The van der Waals surface area contributed by atoms with Crippen molar-refractivity contribution in [1.29, 1.82) is 0 Å². The number of carbonyl (C=O) groups excluding carboxylic acids is 1. The van der Waals surface area contributed by atoms with Gasteiger partial charge in [0, 0.05) is 12.8 Å². The number of quaternary nitrogens is 1. The Hall–Kier alpha value is -0.780. The minimum absolute atomic E-state index is 0.0123. The van der Waals surface area contributed by atoms with Gasteiger partial charge in [-0.15, -0.1) is 0 Å². The predicted molar refractivity (Wildman–Crippen MR) is 42.1 cm³/mol. The monoisotopic (exact) mass is 213 g/mol. The van der Waals surface area contributed by atoms with Gasteiger partial charge in [0.1, 0.15) is 6.54 Å². The van der Waals surface area contributed by atoms with Gasteiger partial charge in [-0.1, -0.05) is 0 Å². The molecule has 0 rings (SSSR count). The zero-order valence-corrected chi connectivity index (χ0v) is 8.23. The Kier molecular flexibility index (Phi) is 4.38. The van der Waals surface area contributed by atoms with Crippen LogP contribution in [0.4, 0.5) is 13.2 Å². The molecule has 3 nitrogen and oxygen atoms in total. The molecule has 0 aliphatic rings. The first-order valence-electron chi connectivity index (χ1n) is 4.21. The van der Waals surface area contributed by atoms with Crippen molar-refractivity contribution in [2.24, 2.45) is 0 Å². The Balaban J connectivity index is 3.82. The van der Waals surface area contributed by atoms with Gasteiger partial charge in [0.05, 0.1) is 26.6 Å². The van der Waals surface area contributed by atoms with Gasteiger partial charge in [-0.2, -0.15) is 13.2 Å². The lowest BCUT2D eigenvalue weighted by Gasteiger charge is -2.30. The summed E-state index contributed by atoms with van der Waals surface area (Å²) in [6.07, 6.45) is -5.10. The van der Waals surface area contributed by atoms with Gasteiger partial charge in [0.25, 0.3) is 0 Å². The fourth-order valence-corrected chi connectivity index (χ4v) is 1.14. The molecule has 0 atom stereocenters. The summed E-state index contributed by atoms with van der Waals surface area (Å²) in [6.45, 7) is -0.0919. The predicted octanol–water partition coefficient (Wildman–Crippen LogP) is 0.155. The van der Waals surface area contributed by atoms with E-state index < -0.39 is 18.6 Å². The summed E-state index contributed by atoms with van der Waals surface area (Å²) in [5.41, 5.74) is 0. The highest BCUT2D eigenvalue weighted by Gasteiger charge is 2.28. The Morgan fingerprint density at radius 2 is 1.86 bits per heavy atom. The van der Waals surface area contributed by atoms with E-state index in [1.54, 1.807) is 14.1 Å². The van der Waals surface area contributed by atoms with Crippen molar-refractivity contribution in [3.63, 3.8) is 0 Å². The second kappa shape index (κ2) is 4.63. The average Bonchev–Trinajstić information content (AvgIpc) is 1.78. The lowest BCUT2D eigenvalue weighted by molar-refractivity contribution is -0.885. The van der Waals surface area contributed by atoms with Crippen molar-refractivity contribution in [3.8, 4) is 0 Å². The molecule has 0 aliphatic heterocycles. The van der Waals surface area contributed by atoms with Crippen LogP contribution in [-0.4, -0.2) is 43.8 Å². The van der Waals surface area contributed by atoms with Gasteiger partial charge in [-0.25, -0.2) is 0 Å². The summed E-state index contributed by atoms with van der Waals surface area (Å²) >= 11 is 0. The number of alkyl halides is 3. The van der Waals surface area contributed by atoms with Crippen molar-refractivity contribution >= 4 is 5.97 Å². The minimum atomic E-state index is -4.17. The van der Waals surface area contributed by atoms with Crippen molar-refractivity contribution < 1.29 is 27.6 Å². The Bertz CT molecular complexity index is 201. The van der Waals surface area contributed by atoms with E-state index in [2.05, 4.69) is 0 Å². The van der Waals surface area contributed by atoms with E-state index in [9.17, 15) is 23.1 Å². The second-order valence-corrected chi connectivity index (χ2v) is 3.91. The molecule has 0 spiro atoms. The number of likely N-dealkylation sites (N-methyl/N-ethyl adjacent to an activating group) is 1. The highest BCUT2D eigenvalue weighted by atomic mass is 19.4. The molecule has 0 fully saturated rings. The third kappa shape index (κ3) is 7.85. The molecule has 0 bridgehead atoms. The zero-order chi connectivity index (χ0) is 11.4. The quantitative estimate of drug-likeness (QED) is 0.610. The maximum atomic E-state index is 11.8. The van der Waals surface area contributed by atoms with E-state index in [4.69, 9.17) is 0 Å². The Labute approximate surface area is 80.7 Å². The van der Waals surface area contributed by atoms with Gasteiger partial charge >= 0.3 is 6.18 Å². The molecule has 0 saturated heterocycles. The van der Waals surface area contributed by atoms with E-state index in [-0.39, 0.29) is 24.0 Å². The number of carboxylic acid groups (broad SMARTS) is 1. The molecule has 0 aromatic heterocycles. The van der Waals surface area contributed by atoms with Crippen molar-refractivity contribution in [3.05, 3.63) is 0 Å². The molecule has 0 saturated carbocycles. The average molecular weight is 213 g/mol. The van der Waals surface area contributed by atoms with Crippen LogP contribution in [0.25, 0.3) is 0 Å². The van der Waals surface area contributed by atoms with Gasteiger partial charge in [-0.05, 0) is 0 Å². The summed E-state index contributed by atoms with van der Waals surface area (Å²) in [6, 6.07) is 0. The van der Waals surface area contributed by atoms with Gasteiger partial charge in [0.2, 0.25) is 0 Å². The summed E-state index contributed by atoms with van der Waals surface area (Å²) in [7, 11) is 3.12. The number of hydrogen-bond acceptors (Lipinski definition) is 2.